The first-order valence-electron chi connectivity index (χ1n) is 6.81. The fourth-order valence-corrected chi connectivity index (χ4v) is 3.21. The van der Waals surface area contributed by atoms with Crippen LogP contribution >= 0.6 is 0 Å². The molecule has 0 aromatic carbocycles. The van der Waals surface area contributed by atoms with Crippen LogP contribution in [0.5, 0.6) is 0 Å². The molecule has 9 heteroatoms. The first kappa shape index (κ1) is 15.9. The zero-order valence-electron chi connectivity index (χ0n) is 12.5. The smallest absolute Gasteiger partial charge is 0.260 e. The monoisotopic (exact) mass is 315 g/mol. The molecule has 2 heterocycles. The van der Waals surface area contributed by atoms with Gasteiger partial charge in [-0.1, -0.05) is 0 Å². The topological polar surface area (TPSA) is 96.3 Å². The van der Waals surface area contributed by atoms with Gasteiger partial charge >= 0.3 is 0 Å². The van der Waals surface area contributed by atoms with E-state index in [4.69, 9.17) is 0 Å². The molecular formula is C12H21N5O3S. The molecule has 21 heavy (non-hydrogen) atoms. The van der Waals surface area contributed by atoms with Crippen molar-refractivity contribution >= 4 is 15.9 Å². The van der Waals surface area contributed by atoms with Gasteiger partial charge in [0, 0.05) is 38.9 Å². The number of aromatic nitrogens is 2. The maximum atomic E-state index is 12.1. The van der Waals surface area contributed by atoms with Crippen molar-refractivity contribution < 1.29 is 13.2 Å². The van der Waals surface area contributed by atoms with Gasteiger partial charge in [-0.05, 0) is 13.8 Å². The predicted octanol–water partition coefficient (Wildman–Crippen LogP) is -1.17. The summed E-state index contributed by atoms with van der Waals surface area (Å²) in [7, 11) is -2.04. The molecule has 0 spiro atoms. The number of hydrogen-bond donors (Lipinski definition) is 2. The zero-order valence-corrected chi connectivity index (χ0v) is 13.3. The van der Waals surface area contributed by atoms with Gasteiger partial charge in [0.15, 0.2) is 5.03 Å². The van der Waals surface area contributed by atoms with Crippen LogP contribution in [0.15, 0.2) is 11.2 Å². The van der Waals surface area contributed by atoms with Crippen LogP contribution < -0.4 is 10.0 Å². The number of piperazine rings is 1. The average Bonchev–Trinajstić information content (AvgIpc) is 2.77. The number of carbonyl (C=O) groups is 1. The summed E-state index contributed by atoms with van der Waals surface area (Å²) in [6, 6.07) is 0.0628. The van der Waals surface area contributed by atoms with Crippen molar-refractivity contribution in [2.24, 2.45) is 7.05 Å². The summed E-state index contributed by atoms with van der Waals surface area (Å²) in [6.07, 6.45) is 1.43. The van der Waals surface area contributed by atoms with E-state index in [1.54, 1.807) is 23.4 Å². The maximum absolute atomic E-state index is 12.1. The minimum atomic E-state index is -3.76. The van der Waals surface area contributed by atoms with Crippen LogP contribution in [0.1, 0.15) is 12.7 Å². The quantitative estimate of drug-likeness (QED) is 0.730. The van der Waals surface area contributed by atoms with Crippen molar-refractivity contribution in [2.75, 3.05) is 26.2 Å². The van der Waals surface area contributed by atoms with Crippen molar-refractivity contribution in [1.82, 2.24) is 24.5 Å². The highest BCUT2D eigenvalue weighted by Gasteiger charge is 2.25. The van der Waals surface area contributed by atoms with E-state index in [9.17, 15) is 13.2 Å². The Balaban J connectivity index is 1.99. The summed E-state index contributed by atoms with van der Waals surface area (Å²) in [5, 5.41) is 3.12. The molecule has 1 saturated heterocycles. The van der Waals surface area contributed by atoms with E-state index in [0.29, 0.717) is 12.4 Å². The number of carbonyl (C=O) groups excluding carboxylic acids is 1. The zero-order chi connectivity index (χ0) is 15.6. The predicted molar refractivity (Wildman–Crippen MR) is 77.2 cm³/mol. The average molecular weight is 315 g/mol. The third kappa shape index (κ3) is 3.60. The molecule has 118 valence electrons. The molecule has 1 fully saturated rings. The van der Waals surface area contributed by atoms with Crippen LogP contribution in [-0.2, 0) is 21.9 Å². The van der Waals surface area contributed by atoms with Gasteiger partial charge in [-0.25, -0.2) is 18.1 Å². The van der Waals surface area contributed by atoms with E-state index < -0.39 is 10.0 Å². The molecule has 1 atom stereocenters. The van der Waals surface area contributed by atoms with Crippen molar-refractivity contribution in [2.45, 2.75) is 24.9 Å². The molecule has 2 N–H and O–H groups in total. The molecule has 8 nitrogen and oxygen atoms in total. The highest BCUT2D eigenvalue weighted by atomic mass is 32.2. The van der Waals surface area contributed by atoms with Gasteiger partial charge < -0.3 is 14.8 Å². The molecule has 0 aliphatic carbocycles. The largest absolute Gasteiger partial charge is 0.337 e. The van der Waals surface area contributed by atoms with Gasteiger partial charge in [0.2, 0.25) is 5.91 Å². The first-order chi connectivity index (χ1) is 9.81. The normalized spacial score (nSPS) is 19.8. The number of aryl methyl sites for hydroxylation is 2. The van der Waals surface area contributed by atoms with Crippen LogP contribution in [0.2, 0.25) is 0 Å². The maximum Gasteiger partial charge on any atom is 0.260 e. The van der Waals surface area contributed by atoms with Gasteiger partial charge in [-0.2, -0.15) is 0 Å². The van der Waals surface area contributed by atoms with Gasteiger partial charge in [0.05, 0.1) is 6.54 Å². The van der Waals surface area contributed by atoms with Gasteiger partial charge in [0.25, 0.3) is 10.0 Å². The van der Waals surface area contributed by atoms with Crippen molar-refractivity contribution in [3.63, 3.8) is 0 Å². The van der Waals surface area contributed by atoms with E-state index in [1.165, 1.54) is 6.20 Å². The number of sulfonamides is 1. The van der Waals surface area contributed by atoms with E-state index in [1.807, 2.05) is 6.92 Å². The molecule has 1 aliphatic rings. The van der Waals surface area contributed by atoms with Gasteiger partial charge in [0.1, 0.15) is 5.82 Å². The Hall–Kier alpha value is -1.45. The van der Waals surface area contributed by atoms with Gasteiger partial charge in [-0.15, -0.1) is 0 Å². The Bertz CT molecular complexity index is 605. The van der Waals surface area contributed by atoms with Gasteiger partial charge in [-0.3, -0.25) is 4.79 Å². The van der Waals surface area contributed by atoms with Crippen LogP contribution in [0.3, 0.4) is 0 Å². The number of rotatable bonds is 4. The second-order valence-corrected chi connectivity index (χ2v) is 6.92. The number of imidazole rings is 1. The number of hydrogen-bond acceptors (Lipinski definition) is 5. The SMILES string of the molecule is Cc1nc(S(=O)(=O)NCC(=O)N2CCNC[C@@H]2C)cn1C. The Morgan fingerprint density at radius 2 is 2.29 bits per heavy atom. The van der Waals surface area contributed by atoms with E-state index >= 15 is 0 Å². The van der Waals surface area contributed by atoms with Crippen molar-refractivity contribution in [1.29, 1.82) is 0 Å². The lowest BCUT2D eigenvalue weighted by atomic mass is 10.2. The fourth-order valence-electron chi connectivity index (χ4n) is 2.20. The molecular weight excluding hydrogens is 294 g/mol. The molecule has 0 bridgehead atoms. The molecule has 1 aromatic rings. The van der Waals surface area contributed by atoms with E-state index in [2.05, 4.69) is 15.0 Å². The fraction of sp³-hybridized carbons (Fsp3) is 0.667. The lowest BCUT2D eigenvalue weighted by molar-refractivity contribution is -0.132. The summed E-state index contributed by atoms with van der Waals surface area (Å²) in [4.78, 5) is 17.8. The van der Waals surface area contributed by atoms with E-state index in [-0.39, 0.29) is 23.5 Å². The molecule has 1 aliphatic heterocycles. The Labute approximate surface area is 124 Å². The minimum Gasteiger partial charge on any atom is -0.337 e. The standard InChI is InChI=1S/C12H21N5O3S/c1-9-6-13-4-5-17(9)12(18)7-14-21(19,20)11-8-16(3)10(2)15-11/h8-9,13-14H,4-7H2,1-3H3/t9-/m0/s1. The Morgan fingerprint density at radius 1 is 1.57 bits per heavy atom. The lowest BCUT2D eigenvalue weighted by Gasteiger charge is -2.34. The van der Waals surface area contributed by atoms with E-state index in [0.717, 1.165) is 13.1 Å². The highest BCUT2D eigenvalue weighted by molar-refractivity contribution is 7.89. The van der Waals surface area contributed by atoms with Crippen LogP contribution in [0.25, 0.3) is 0 Å². The summed E-state index contributed by atoms with van der Waals surface area (Å²) in [6.45, 7) is 5.43. The molecule has 1 amide bonds. The number of amides is 1. The summed E-state index contributed by atoms with van der Waals surface area (Å²) < 4.78 is 28.1. The summed E-state index contributed by atoms with van der Waals surface area (Å²) >= 11 is 0. The second kappa shape index (κ2) is 6.12. The highest BCUT2D eigenvalue weighted by Crippen LogP contribution is 2.08. The third-order valence-electron chi connectivity index (χ3n) is 3.60. The minimum absolute atomic E-state index is 0.0628. The summed E-state index contributed by atoms with van der Waals surface area (Å²) in [5.74, 6) is 0.373. The Kier molecular flexibility index (Phi) is 4.64. The van der Waals surface area contributed by atoms with Crippen LogP contribution in [-0.4, -0.2) is 61.0 Å². The van der Waals surface area contributed by atoms with Crippen LogP contribution in [0.4, 0.5) is 0 Å². The molecule has 0 saturated carbocycles. The molecule has 0 radical (unpaired) electrons. The van der Waals surface area contributed by atoms with Crippen LogP contribution in [0, 0.1) is 6.92 Å². The Morgan fingerprint density at radius 3 is 2.86 bits per heavy atom. The molecule has 1 aromatic heterocycles. The van der Waals surface area contributed by atoms with Crippen molar-refractivity contribution in [3.05, 3.63) is 12.0 Å². The molecule has 0 unspecified atom stereocenters. The number of nitrogens with one attached hydrogen (secondary N) is 2. The van der Waals surface area contributed by atoms with Crippen molar-refractivity contribution in [3.8, 4) is 0 Å². The molecule has 2 rings (SSSR count). The number of nitrogens with zero attached hydrogens (tertiary/aromatic N) is 3. The lowest BCUT2D eigenvalue weighted by Crippen LogP contribution is -2.54. The second-order valence-electron chi connectivity index (χ2n) is 5.20. The summed E-state index contributed by atoms with van der Waals surface area (Å²) in [5.41, 5.74) is 0. The first-order valence-corrected chi connectivity index (χ1v) is 8.29. The third-order valence-corrected chi connectivity index (χ3v) is 4.87.